The molecule has 5 nitrogen and oxygen atoms in total. The molecule has 0 aromatic heterocycles. The lowest BCUT2D eigenvalue weighted by Crippen LogP contribution is -2.51. The van der Waals surface area contributed by atoms with E-state index in [0.717, 1.165) is 13.1 Å². The maximum absolute atomic E-state index is 11.0. The van der Waals surface area contributed by atoms with Crippen LogP contribution < -0.4 is 11.5 Å². The maximum Gasteiger partial charge on any atom is 0.237 e. The van der Waals surface area contributed by atoms with Crippen LogP contribution in [0.1, 0.15) is 27.2 Å². The van der Waals surface area contributed by atoms with Gasteiger partial charge in [-0.05, 0) is 34.2 Å². The number of nitrogens with zero attached hydrogens (tertiary/aromatic N) is 1. The zero-order chi connectivity index (χ0) is 12.8. The van der Waals surface area contributed by atoms with E-state index < -0.39 is 11.4 Å². The zero-order valence-electron chi connectivity index (χ0n) is 10.8. The van der Waals surface area contributed by atoms with Crippen LogP contribution in [0.3, 0.4) is 0 Å². The molecule has 4 N–H and O–H groups in total. The van der Waals surface area contributed by atoms with E-state index in [1.165, 1.54) is 0 Å². The fourth-order valence-electron chi connectivity index (χ4n) is 1.10. The number of rotatable bonds is 8. The molecule has 1 unspecified atom stereocenters. The Kier molecular flexibility index (Phi) is 6.55. The Morgan fingerprint density at radius 3 is 2.44 bits per heavy atom. The van der Waals surface area contributed by atoms with E-state index in [1.54, 1.807) is 6.92 Å². The molecule has 0 spiro atoms. The van der Waals surface area contributed by atoms with Gasteiger partial charge in [-0.3, -0.25) is 4.79 Å². The molecule has 0 aliphatic heterocycles. The standard InChI is InChI=1S/C11H25N3O2/c1-9(2)16-8-7-14(4)6-5-11(3,13)10(12)15/h9H,5-8,13H2,1-4H3,(H2,12,15). The van der Waals surface area contributed by atoms with Gasteiger partial charge >= 0.3 is 0 Å². The van der Waals surface area contributed by atoms with Crippen LogP contribution in [0.15, 0.2) is 0 Å². The fraction of sp³-hybridized carbons (Fsp3) is 0.909. The molecule has 96 valence electrons. The average molecular weight is 231 g/mol. The molecule has 0 bridgehead atoms. The summed E-state index contributed by atoms with van der Waals surface area (Å²) in [5.74, 6) is -0.459. The highest BCUT2D eigenvalue weighted by atomic mass is 16.5. The second kappa shape index (κ2) is 6.83. The van der Waals surface area contributed by atoms with Gasteiger partial charge in [0.05, 0.1) is 18.2 Å². The van der Waals surface area contributed by atoms with Gasteiger partial charge in [-0.2, -0.15) is 0 Å². The first-order chi connectivity index (χ1) is 7.25. The average Bonchev–Trinajstić information content (AvgIpc) is 2.14. The van der Waals surface area contributed by atoms with Gasteiger partial charge in [0.1, 0.15) is 0 Å². The van der Waals surface area contributed by atoms with E-state index in [4.69, 9.17) is 16.2 Å². The first kappa shape index (κ1) is 15.3. The SMILES string of the molecule is CC(C)OCCN(C)CCC(C)(N)C(N)=O. The first-order valence-corrected chi connectivity index (χ1v) is 5.64. The molecule has 0 fully saturated rings. The van der Waals surface area contributed by atoms with Crippen LogP contribution in [0.25, 0.3) is 0 Å². The number of primary amides is 1. The Morgan fingerprint density at radius 2 is 2.00 bits per heavy atom. The summed E-state index contributed by atoms with van der Waals surface area (Å²) in [4.78, 5) is 13.1. The van der Waals surface area contributed by atoms with Crippen molar-refractivity contribution in [3.8, 4) is 0 Å². The number of hydrogen-bond acceptors (Lipinski definition) is 4. The lowest BCUT2D eigenvalue weighted by Gasteiger charge is -2.24. The van der Waals surface area contributed by atoms with Crippen LogP contribution in [0.5, 0.6) is 0 Å². The van der Waals surface area contributed by atoms with E-state index in [1.807, 2.05) is 20.9 Å². The quantitative estimate of drug-likeness (QED) is 0.613. The molecule has 0 saturated carbocycles. The first-order valence-electron chi connectivity index (χ1n) is 5.64. The van der Waals surface area contributed by atoms with E-state index in [2.05, 4.69) is 4.90 Å². The summed E-state index contributed by atoms with van der Waals surface area (Å²) < 4.78 is 5.43. The summed E-state index contributed by atoms with van der Waals surface area (Å²) in [6.07, 6.45) is 0.805. The van der Waals surface area contributed by atoms with E-state index in [-0.39, 0.29) is 6.10 Å². The molecule has 0 aliphatic rings. The smallest absolute Gasteiger partial charge is 0.237 e. The number of amides is 1. The summed E-state index contributed by atoms with van der Waals surface area (Å²) in [6.45, 7) is 7.91. The van der Waals surface area contributed by atoms with Crippen molar-refractivity contribution in [1.29, 1.82) is 0 Å². The lowest BCUT2D eigenvalue weighted by molar-refractivity contribution is -0.122. The summed E-state index contributed by atoms with van der Waals surface area (Å²) in [5, 5.41) is 0. The normalized spacial score (nSPS) is 15.4. The van der Waals surface area contributed by atoms with Gasteiger partial charge in [0.25, 0.3) is 0 Å². The number of ether oxygens (including phenoxy) is 1. The Bertz CT molecular complexity index is 217. The van der Waals surface area contributed by atoms with Crippen molar-refractivity contribution >= 4 is 5.91 Å². The highest BCUT2D eigenvalue weighted by Gasteiger charge is 2.25. The molecule has 16 heavy (non-hydrogen) atoms. The van der Waals surface area contributed by atoms with Gasteiger partial charge in [0.15, 0.2) is 0 Å². The van der Waals surface area contributed by atoms with Crippen LogP contribution in [0, 0.1) is 0 Å². The lowest BCUT2D eigenvalue weighted by atomic mass is 9.98. The topological polar surface area (TPSA) is 81.6 Å². The van der Waals surface area contributed by atoms with Crippen molar-refractivity contribution in [3.05, 3.63) is 0 Å². The third kappa shape index (κ3) is 6.76. The van der Waals surface area contributed by atoms with Crippen molar-refractivity contribution in [2.24, 2.45) is 11.5 Å². The molecule has 0 aromatic rings. The highest BCUT2D eigenvalue weighted by molar-refractivity contribution is 5.83. The van der Waals surface area contributed by atoms with E-state index >= 15 is 0 Å². The Hall–Kier alpha value is -0.650. The molecule has 0 heterocycles. The van der Waals surface area contributed by atoms with Crippen molar-refractivity contribution in [2.75, 3.05) is 26.7 Å². The Balaban J connectivity index is 3.73. The fourth-order valence-corrected chi connectivity index (χ4v) is 1.10. The molecule has 0 saturated heterocycles. The summed E-state index contributed by atoms with van der Waals surface area (Å²) in [6, 6.07) is 0. The molecular weight excluding hydrogens is 206 g/mol. The summed E-state index contributed by atoms with van der Waals surface area (Å²) in [7, 11) is 1.97. The Morgan fingerprint density at radius 1 is 1.44 bits per heavy atom. The minimum atomic E-state index is -0.923. The van der Waals surface area contributed by atoms with Gasteiger partial charge in [-0.25, -0.2) is 0 Å². The van der Waals surface area contributed by atoms with Crippen LogP contribution in [-0.2, 0) is 9.53 Å². The van der Waals surface area contributed by atoms with Crippen molar-refractivity contribution < 1.29 is 9.53 Å². The minimum Gasteiger partial charge on any atom is -0.377 e. The number of likely N-dealkylation sites (N-methyl/N-ethyl adjacent to an activating group) is 1. The second-order valence-electron chi connectivity index (χ2n) is 4.75. The number of carbonyl (C=O) groups is 1. The largest absolute Gasteiger partial charge is 0.377 e. The molecule has 0 rings (SSSR count). The summed E-state index contributed by atoms with van der Waals surface area (Å²) in [5.41, 5.74) is 10.0. The predicted molar refractivity (Wildman–Crippen MR) is 65.0 cm³/mol. The van der Waals surface area contributed by atoms with Crippen LogP contribution in [-0.4, -0.2) is 49.2 Å². The third-order valence-electron chi connectivity index (χ3n) is 2.50. The van der Waals surface area contributed by atoms with Crippen molar-refractivity contribution in [3.63, 3.8) is 0 Å². The molecule has 1 atom stereocenters. The van der Waals surface area contributed by atoms with E-state index in [9.17, 15) is 4.79 Å². The van der Waals surface area contributed by atoms with E-state index in [0.29, 0.717) is 13.0 Å². The number of hydrogen-bond donors (Lipinski definition) is 2. The van der Waals surface area contributed by atoms with Gasteiger partial charge in [0, 0.05) is 13.1 Å². The van der Waals surface area contributed by atoms with Gasteiger partial charge in [-0.1, -0.05) is 0 Å². The van der Waals surface area contributed by atoms with Crippen LogP contribution >= 0.6 is 0 Å². The number of carbonyl (C=O) groups excluding carboxylic acids is 1. The number of nitrogens with two attached hydrogens (primary N) is 2. The Labute approximate surface area is 98.1 Å². The van der Waals surface area contributed by atoms with Crippen molar-refractivity contribution in [1.82, 2.24) is 4.90 Å². The van der Waals surface area contributed by atoms with Crippen molar-refractivity contribution in [2.45, 2.75) is 38.8 Å². The maximum atomic E-state index is 11.0. The molecule has 5 heteroatoms. The van der Waals surface area contributed by atoms with Gasteiger partial charge in [0.2, 0.25) is 5.91 Å². The second-order valence-corrected chi connectivity index (χ2v) is 4.75. The zero-order valence-corrected chi connectivity index (χ0v) is 10.8. The monoisotopic (exact) mass is 231 g/mol. The van der Waals surface area contributed by atoms with Crippen LogP contribution in [0.2, 0.25) is 0 Å². The minimum absolute atomic E-state index is 0.249. The predicted octanol–water partition coefficient (Wildman–Crippen LogP) is -0.0640. The van der Waals surface area contributed by atoms with Crippen LogP contribution in [0.4, 0.5) is 0 Å². The molecule has 0 aliphatic carbocycles. The van der Waals surface area contributed by atoms with Gasteiger partial charge < -0.3 is 21.1 Å². The third-order valence-corrected chi connectivity index (χ3v) is 2.50. The molecule has 0 aromatic carbocycles. The van der Waals surface area contributed by atoms with Gasteiger partial charge in [-0.15, -0.1) is 0 Å². The highest BCUT2D eigenvalue weighted by Crippen LogP contribution is 2.05. The summed E-state index contributed by atoms with van der Waals surface area (Å²) >= 11 is 0. The molecule has 1 amide bonds. The molecule has 0 radical (unpaired) electrons. The molecular formula is C11H25N3O2.